The van der Waals surface area contributed by atoms with E-state index in [1.165, 1.54) is 25.3 Å². The highest BCUT2D eigenvalue weighted by molar-refractivity contribution is 6.34. The number of ether oxygens (including phenoxy) is 2. The predicted molar refractivity (Wildman–Crippen MR) is 97.6 cm³/mol. The van der Waals surface area contributed by atoms with Crippen LogP contribution in [0.1, 0.15) is 23.7 Å². The first-order valence-corrected chi connectivity index (χ1v) is 8.31. The fourth-order valence-corrected chi connectivity index (χ4v) is 2.45. The van der Waals surface area contributed by atoms with Gasteiger partial charge in [0.1, 0.15) is 5.75 Å². The molecule has 2 aromatic rings. The van der Waals surface area contributed by atoms with Crippen molar-refractivity contribution in [2.24, 2.45) is 0 Å². The molecule has 0 radical (unpaired) electrons. The lowest BCUT2D eigenvalue weighted by Gasteiger charge is -2.18. The average Bonchev–Trinajstić information content (AvgIpc) is 2.60. The molecule has 25 heavy (non-hydrogen) atoms. The van der Waals surface area contributed by atoms with Gasteiger partial charge in [-0.1, -0.05) is 36.2 Å². The van der Waals surface area contributed by atoms with Crippen molar-refractivity contribution in [3.8, 4) is 5.75 Å². The summed E-state index contributed by atoms with van der Waals surface area (Å²) < 4.78 is 10.3. The number of hydrogen-bond donors (Lipinski definition) is 1. The molecule has 2 rings (SSSR count). The number of esters is 1. The van der Waals surface area contributed by atoms with Crippen molar-refractivity contribution in [2.75, 3.05) is 12.4 Å². The number of benzene rings is 2. The third-order valence-electron chi connectivity index (χ3n) is 3.38. The van der Waals surface area contributed by atoms with Gasteiger partial charge >= 0.3 is 5.97 Å². The third kappa shape index (κ3) is 5.11. The Balaban J connectivity index is 2.15. The summed E-state index contributed by atoms with van der Waals surface area (Å²) >= 11 is 12.0. The van der Waals surface area contributed by atoms with Crippen molar-refractivity contribution in [1.29, 1.82) is 0 Å². The number of amides is 1. The molecule has 1 amide bonds. The van der Waals surface area contributed by atoms with E-state index in [-0.39, 0.29) is 11.5 Å². The highest BCUT2D eigenvalue weighted by atomic mass is 35.5. The first kappa shape index (κ1) is 19.1. The van der Waals surface area contributed by atoms with E-state index < -0.39 is 12.1 Å². The van der Waals surface area contributed by atoms with E-state index in [9.17, 15) is 9.59 Å². The van der Waals surface area contributed by atoms with E-state index in [0.717, 1.165) is 0 Å². The molecule has 0 saturated heterocycles. The summed E-state index contributed by atoms with van der Waals surface area (Å²) in [6.07, 6.45) is -0.302. The predicted octanol–water partition coefficient (Wildman–Crippen LogP) is 4.58. The number of nitrogens with one attached hydrogen (secondary N) is 1. The van der Waals surface area contributed by atoms with Crippen molar-refractivity contribution in [1.82, 2.24) is 0 Å². The smallest absolute Gasteiger partial charge is 0.337 e. The second kappa shape index (κ2) is 8.74. The molecule has 0 aliphatic rings. The maximum atomic E-state index is 12.5. The van der Waals surface area contributed by atoms with Gasteiger partial charge in [0.2, 0.25) is 0 Å². The third-order valence-corrected chi connectivity index (χ3v) is 3.95. The van der Waals surface area contributed by atoms with Gasteiger partial charge in [-0.05, 0) is 42.8 Å². The highest BCUT2D eigenvalue weighted by Gasteiger charge is 2.20. The Bertz CT molecular complexity index is 779. The maximum absolute atomic E-state index is 12.5. The Morgan fingerprint density at radius 3 is 2.56 bits per heavy atom. The Kier molecular flexibility index (Phi) is 6.67. The Hall–Kier alpha value is -2.24. The number of rotatable bonds is 6. The van der Waals surface area contributed by atoms with Crippen molar-refractivity contribution in [3.63, 3.8) is 0 Å². The minimum atomic E-state index is -0.740. The number of anilines is 1. The van der Waals surface area contributed by atoms with Crippen LogP contribution >= 0.6 is 23.2 Å². The second-order valence-electron chi connectivity index (χ2n) is 5.15. The van der Waals surface area contributed by atoms with E-state index in [0.29, 0.717) is 27.9 Å². The molecule has 5 nitrogen and oxygen atoms in total. The summed E-state index contributed by atoms with van der Waals surface area (Å²) in [6.45, 7) is 1.82. The molecular weight excluding hydrogens is 365 g/mol. The van der Waals surface area contributed by atoms with E-state index >= 15 is 0 Å². The van der Waals surface area contributed by atoms with Crippen LogP contribution in [-0.4, -0.2) is 25.1 Å². The van der Waals surface area contributed by atoms with Gasteiger partial charge in [-0.25, -0.2) is 4.79 Å². The lowest BCUT2D eigenvalue weighted by Crippen LogP contribution is -2.32. The SMILES string of the molecule is CC[C@@H](Oc1cccc(Cl)c1)C(=O)Nc1cc(C(=O)OC)ccc1Cl. The van der Waals surface area contributed by atoms with Gasteiger partial charge in [-0.15, -0.1) is 0 Å². The van der Waals surface area contributed by atoms with E-state index in [2.05, 4.69) is 10.1 Å². The molecule has 0 bridgehead atoms. The summed E-state index contributed by atoms with van der Waals surface area (Å²) in [4.78, 5) is 24.1. The highest BCUT2D eigenvalue weighted by Crippen LogP contribution is 2.25. The fraction of sp³-hybridized carbons (Fsp3) is 0.222. The van der Waals surface area contributed by atoms with Gasteiger partial charge in [0.05, 0.1) is 23.4 Å². The Morgan fingerprint density at radius 2 is 1.92 bits per heavy atom. The van der Waals surface area contributed by atoms with Crippen LogP contribution in [0.2, 0.25) is 10.0 Å². The Labute approximate surface area is 155 Å². The molecule has 0 aromatic heterocycles. The number of carbonyl (C=O) groups is 2. The van der Waals surface area contributed by atoms with Gasteiger partial charge in [0, 0.05) is 5.02 Å². The normalized spacial score (nSPS) is 11.5. The van der Waals surface area contributed by atoms with Crippen LogP contribution in [0.5, 0.6) is 5.75 Å². The molecule has 7 heteroatoms. The fourth-order valence-electron chi connectivity index (χ4n) is 2.11. The van der Waals surface area contributed by atoms with Crippen LogP contribution in [-0.2, 0) is 9.53 Å². The number of methoxy groups -OCH3 is 1. The lowest BCUT2D eigenvalue weighted by molar-refractivity contribution is -0.122. The first-order chi connectivity index (χ1) is 11.9. The van der Waals surface area contributed by atoms with Crippen molar-refractivity contribution < 1.29 is 19.1 Å². The zero-order valence-corrected chi connectivity index (χ0v) is 15.2. The van der Waals surface area contributed by atoms with Gasteiger partial charge in [-0.2, -0.15) is 0 Å². The molecule has 0 saturated carbocycles. The van der Waals surface area contributed by atoms with Crippen molar-refractivity contribution in [2.45, 2.75) is 19.4 Å². The monoisotopic (exact) mass is 381 g/mol. The van der Waals surface area contributed by atoms with Crippen LogP contribution in [0, 0.1) is 0 Å². The molecule has 2 aromatic carbocycles. The molecule has 0 aliphatic heterocycles. The summed E-state index contributed by atoms with van der Waals surface area (Å²) in [6, 6.07) is 11.3. The second-order valence-corrected chi connectivity index (χ2v) is 5.99. The minimum Gasteiger partial charge on any atom is -0.481 e. The summed E-state index contributed by atoms with van der Waals surface area (Å²) in [5.74, 6) is -0.412. The van der Waals surface area contributed by atoms with Gasteiger partial charge < -0.3 is 14.8 Å². The molecule has 0 heterocycles. The van der Waals surface area contributed by atoms with E-state index in [4.69, 9.17) is 27.9 Å². The van der Waals surface area contributed by atoms with Gasteiger partial charge in [0.15, 0.2) is 6.10 Å². The summed E-state index contributed by atoms with van der Waals surface area (Å²) in [7, 11) is 1.28. The quantitative estimate of drug-likeness (QED) is 0.743. The van der Waals surface area contributed by atoms with Crippen LogP contribution in [0.25, 0.3) is 0 Å². The van der Waals surface area contributed by atoms with Crippen LogP contribution in [0.4, 0.5) is 5.69 Å². The van der Waals surface area contributed by atoms with Gasteiger partial charge in [0.25, 0.3) is 5.91 Å². The molecular formula is C18H17Cl2NO4. The summed E-state index contributed by atoms with van der Waals surface area (Å²) in [5.41, 5.74) is 0.591. The first-order valence-electron chi connectivity index (χ1n) is 7.55. The standard InChI is InChI=1S/C18H17Cl2NO4/c1-3-16(25-13-6-4-5-12(19)10-13)17(22)21-15-9-11(18(23)24-2)7-8-14(15)20/h4-10,16H,3H2,1-2H3,(H,21,22)/t16-/m1/s1. The molecule has 0 aliphatic carbocycles. The molecule has 0 fully saturated rings. The van der Waals surface area contributed by atoms with Crippen LogP contribution < -0.4 is 10.1 Å². The van der Waals surface area contributed by atoms with E-state index in [1.807, 2.05) is 6.92 Å². The summed E-state index contributed by atoms with van der Waals surface area (Å²) in [5, 5.41) is 3.50. The molecule has 0 spiro atoms. The zero-order valence-electron chi connectivity index (χ0n) is 13.7. The van der Waals surface area contributed by atoms with Crippen molar-refractivity contribution in [3.05, 3.63) is 58.1 Å². The Morgan fingerprint density at radius 1 is 1.16 bits per heavy atom. The van der Waals surface area contributed by atoms with Crippen LogP contribution in [0.15, 0.2) is 42.5 Å². The number of carbonyl (C=O) groups excluding carboxylic acids is 2. The van der Waals surface area contributed by atoms with E-state index in [1.54, 1.807) is 24.3 Å². The number of halogens is 2. The molecule has 132 valence electrons. The van der Waals surface area contributed by atoms with Crippen molar-refractivity contribution >= 4 is 40.8 Å². The maximum Gasteiger partial charge on any atom is 0.337 e. The average molecular weight is 382 g/mol. The molecule has 1 atom stereocenters. The van der Waals surface area contributed by atoms with Gasteiger partial charge in [-0.3, -0.25) is 4.79 Å². The molecule has 1 N–H and O–H groups in total. The number of hydrogen-bond acceptors (Lipinski definition) is 4. The topological polar surface area (TPSA) is 64.6 Å². The zero-order chi connectivity index (χ0) is 18.4. The largest absolute Gasteiger partial charge is 0.481 e. The molecule has 0 unspecified atom stereocenters. The lowest BCUT2D eigenvalue weighted by atomic mass is 10.2. The minimum absolute atomic E-state index is 0.283. The van der Waals surface area contributed by atoms with Crippen LogP contribution in [0.3, 0.4) is 0 Å².